The van der Waals surface area contributed by atoms with Crippen molar-refractivity contribution in [1.82, 2.24) is 4.72 Å². The van der Waals surface area contributed by atoms with Crippen molar-refractivity contribution in [2.45, 2.75) is 17.4 Å². The van der Waals surface area contributed by atoms with Crippen LogP contribution in [0.15, 0.2) is 17.0 Å². The third kappa shape index (κ3) is 3.82. The van der Waals surface area contributed by atoms with E-state index in [2.05, 4.69) is 4.72 Å². The molecule has 0 atom stereocenters. The van der Waals surface area contributed by atoms with E-state index in [1.807, 2.05) is 0 Å². The summed E-state index contributed by atoms with van der Waals surface area (Å²) < 4.78 is 50.2. The van der Waals surface area contributed by atoms with Gasteiger partial charge in [0.25, 0.3) is 0 Å². The molecule has 9 heteroatoms. The molecule has 0 bridgehead atoms. The molecule has 0 aliphatic heterocycles. The highest BCUT2D eigenvalue weighted by molar-refractivity contribution is 7.89. The van der Waals surface area contributed by atoms with Crippen LogP contribution in [0.25, 0.3) is 0 Å². The van der Waals surface area contributed by atoms with Crippen LogP contribution in [0.1, 0.15) is 6.92 Å². The quantitative estimate of drug-likeness (QED) is 0.645. The summed E-state index contributed by atoms with van der Waals surface area (Å²) in [6.07, 6.45) is 0. The van der Waals surface area contributed by atoms with Crippen LogP contribution in [0.4, 0.5) is 4.39 Å². The largest absolute Gasteiger partial charge is 0.493 e. The molecule has 0 saturated carbocycles. The molecule has 120 valence electrons. The molecule has 1 aromatic carbocycles. The molecule has 0 heterocycles. The molecule has 0 spiro atoms. The Bertz CT molecular complexity index is 600. The monoisotopic (exact) mass is 323 g/mol. The molecule has 0 amide bonds. The number of hydrogen-bond donors (Lipinski definition) is 3. The van der Waals surface area contributed by atoms with E-state index < -0.39 is 39.5 Å². The Labute approximate surface area is 122 Å². The van der Waals surface area contributed by atoms with Gasteiger partial charge in [-0.2, -0.15) is 0 Å². The summed E-state index contributed by atoms with van der Waals surface area (Å²) in [4.78, 5) is -0.673. The number of aliphatic hydroxyl groups is 2. The predicted octanol–water partition coefficient (Wildman–Crippen LogP) is -0.135. The molecule has 1 aromatic rings. The lowest BCUT2D eigenvalue weighted by Gasteiger charge is -2.26. The van der Waals surface area contributed by atoms with Gasteiger partial charge in [-0.05, 0) is 6.92 Å². The Morgan fingerprint density at radius 1 is 1.19 bits per heavy atom. The molecule has 0 unspecified atom stereocenters. The molecular formula is C12H18FNO6S. The maximum absolute atomic E-state index is 14.0. The molecule has 0 saturated heterocycles. The zero-order valence-electron chi connectivity index (χ0n) is 11.9. The predicted molar refractivity (Wildman–Crippen MR) is 72.4 cm³/mol. The van der Waals surface area contributed by atoms with Gasteiger partial charge in [0.05, 0.1) is 33.0 Å². The maximum atomic E-state index is 14.0. The van der Waals surface area contributed by atoms with Crippen LogP contribution >= 0.6 is 0 Å². The molecule has 0 radical (unpaired) electrons. The summed E-state index contributed by atoms with van der Waals surface area (Å²) in [6, 6.07) is 1.84. The number of halogens is 1. The van der Waals surface area contributed by atoms with Crippen LogP contribution in [0.5, 0.6) is 11.5 Å². The van der Waals surface area contributed by atoms with Gasteiger partial charge in [-0.15, -0.1) is 0 Å². The Morgan fingerprint density at radius 3 is 2.10 bits per heavy atom. The lowest BCUT2D eigenvalue weighted by Crippen LogP contribution is -2.51. The highest BCUT2D eigenvalue weighted by Crippen LogP contribution is 2.32. The Balaban J connectivity index is 3.32. The van der Waals surface area contributed by atoms with Gasteiger partial charge < -0.3 is 19.7 Å². The minimum absolute atomic E-state index is 0.0361. The Hall–Kier alpha value is -1.42. The van der Waals surface area contributed by atoms with Crippen LogP contribution in [-0.2, 0) is 10.0 Å². The van der Waals surface area contributed by atoms with Crippen LogP contribution in [0.3, 0.4) is 0 Å². The highest BCUT2D eigenvalue weighted by atomic mass is 32.2. The summed E-state index contributed by atoms with van der Waals surface area (Å²) in [5.74, 6) is -0.964. The van der Waals surface area contributed by atoms with Gasteiger partial charge in [0.15, 0.2) is 11.5 Å². The first-order chi connectivity index (χ1) is 9.72. The van der Waals surface area contributed by atoms with Crippen molar-refractivity contribution in [3.63, 3.8) is 0 Å². The van der Waals surface area contributed by atoms with E-state index in [0.717, 1.165) is 12.1 Å². The van der Waals surface area contributed by atoms with Gasteiger partial charge in [0, 0.05) is 12.1 Å². The lowest BCUT2D eigenvalue weighted by atomic mass is 10.1. The summed E-state index contributed by atoms with van der Waals surface area (Å²) in [6.45, 7) is -0.0293. The number of benzene rings is 1. The van der Waals surface area contributed by atoms with Gasteiger partial charge in [0.2, 0.25) is 10.0 Å². The Kier molecular flexibility index (Phi) is 5.51. The van der Waals surface area contributed by atoms with Gasteiger partial charge in [-0.1, -0.05) is 0 Å². The number of ether oxygens (including phenoxy) is 2. The molecule has 0 aliphatic carbocycles. The zero-order chi connectivity index (χ0) is 16.3. The van der Waals surface area contributed by atoms with E-state index in [1.54, 1.807) is 0 Å². The number of aliphatic hydroxyl groups excluding tert-OH is 2. The standard InChI is InChI=1S/C12H18FNO6S/c1-12(6-15,7-16)14-21(17,18)11-5-10(20-3)9(19-2)4-8(11)13/h4-5,14-16H,6-7H2,1-3H3. The normalized spacial score (nSPS) is 12.3. The van der Waals surface area contributed by atoms with Crippen molar-refractivity contribution in [3.8, 4) is 11.5 Å². The summed E-state index contributed by atoms with van der Waals surface area (Å²) in [5, 5.41) is 18.2. The van der Waals surface area contributed by atoms with E-state index in [0.29, 0.717) is 0 Å². The van der Waals surface area contributed by atoms with E-state index >= 15 is 0 Å². The second-order valence-corrected chi connectivity index (χ2v) is 6.27. The smallest absolute Gasteiger partial charge is 0.244 e. The van der Waals surface area contributed by atoms with Crippen LogP contribution in [0, 0.1) is 5.82 Å². The SMILES string of the molecule is COc1cc(F)c(S(=O)(=O)NC(C)(CO)CO)cc1OC. The van der Waals surface area contributed by atoms with Crippen LogP contribution < -0.4 is 14.2 Å². The number of hydrogen-bond acceptors (Lipinski definition) is 6. The third-order valence-electron chi connectivity index (χ3n) is 2.81. The van der Waals surface area contributed by atoms with Gasteiger partial charge in [0.1, 0.15) is 10.7 Å². The number of sulfonamides is 1. The highest BCUT2D eigenvalue weighted by Gasteiger charge is 2.32. The minimum atomic E-state index is -4.31. The first-order valence-electron chi connectivity index (χ1n) is 5.90. The van der Waals surface area contributed by atoms with Gasteiger partial charge in [-0.3, -0.25) is 0 Å². The van der Waals surface area contributed by atoms with Crippen LogP contribution in [-0.4, -0.2) is 51.6 Å². The second-order valence-electron chi connectivity index (χ2n) is 4.62. The van der Waals surface area contributed by atoms with E-state index in [-0.39, 0.29) is 11.5 Å². The summed E-state index contributed by atoms with van der Waals surface area (Å²) in [5.41, 5.74) is -1.52. The van der Waals surface area contributed by atoms with E-state index in [9.17, 15) is 12.8 Å². The van der Waals surface area contributed by atoms with Gasteiger partial charge in [-0.25, -0.2) is 17.5 Å². The van der Waals surface area contributed by atoms with Crippen molar-refractivity contribution >= 4 is 10.0 Å². The molecule has 7 nitrogen and oxygen atoms in total. The first-order valence-corrected chi connectivity index (χ1v) is 7.38. The fraction of sp³-hybridized carbons (Fsp3) is 0.500. The van der Waals surface area contributed by atoms with Crippen molar-refractivity contribution in [2.24, 2.45) is 0 Å². The molecule has 3 N–H and O–H groups in total. The van der Waals surface area contributed by atoms with Gasteiger partial charge >= 0.3 is 0 Å². The number of rotatable bonds is 7. The third-order valence-corrected chi connectivity index (χ3v) is 4.46. The molecule has 21 heavy (non-hydrogen) atoms. The van der Waals surface area contributed by atoms with E-state index in [4.69, 9.17) is 19.7 Å². The first kappa shape index (κ1) is 17.6. The average Bonchev–Trinajstić information content (AvgIpc) is 2.45. The molecule has 0 fully saturated rings. The zero-order valence-corrected chi connectivity index (χ0v) is 12.7. The minimum Gasteiger partial charge on any atom is -0.493 e. The molecule has 0 aliphatic rings. The second kappa shape index (κ2) is 6.56. The topological polar surface area (TPSA) is 105 Å². The van der Waals surface area contributed by atoms with E-state index in [1.165, 1.54) is 21.1 Å². The summed E-state index contributed by atoms with van der Waals surface area (Å²) >= 11 is 0. The lowest BCUT2D eigenvalue weighted by molar-refractivity contribution is 0.121. The van der Waals surface area contributed by atoms with Crippen molar-refractivity contribution in [3.05, 3.63) is 17.9 Å². The van der Waals surface area contributed by atoms with Crippen molar-refractivity contribution in [1.29, 1.82) is 0 Å². The molecule has 1 rings (SSSR count). The summed E-state index contributed by atoms with van der Waals surface area (Å²) in [7, 11) is -1.74. The average molecular weight is 323 g/mol. The number of nitrogens with one attached hydrogen (secondary N) is 1. The number of methoxy groups -OCH3 is 2. The van der Waals surface area contributed by atoms with Crippen molar-refractivity contribution < 1.29 is 32.5 Å². The van der Waals surface area contributed by atoms with Crippen LogP contribution in [0.2, 0.25) is 0 Å². The fourth-order valence-electron chi connectivity index (χ4n) is 1.54. The fourth-order valence-corrected chi connectivity index (χ4v) is 3.00. The van der Waals surface area contributed by atoms with Crippen molar-refractivity contribution in [2.75, 3.05) is 27.4 Å². The Morgan fingerprint density at radius 2 is 1.67 bits per heavy atom. The molecule has 0 aromatic heterocycles. The maximum Gasteiger partial charge on any atom is 0.244 e. The molecular weight excluding hydrogens is 305 g/mol.